The molecule has 1 heterocycles. The SMILES string of the molecule is CC(Nc1ccc(N)cc1)N1CCOCC1. The molecule has 1 aliphatic rings. The van der Waals surface area contributed by atoms with Gasteiger partial charge < -0.3 is 15.8 Å². The Morgan fingerprint density at radius 1 is 1.25 bits per heavy atom. The zero-order chi connectivity index (χ0) is 11.4. The lowest BCUT2D eigenvalue weighted by atomic mass is 10.2. The van der Waals surface area contributed by atoms with Gasteiger partial charge in [0.05, 0.1) is 19.4 Å². The van der Waals surface area contributed by atoms with Crippen molar-refractivity contribution in [3.63, 3.8) is 0 Å². The van der Waals surface area contributed by atoms with Crippen LogP contribution in [0.3, 0.4) is 0 Å². The second kappa shape index (κ2) is 5.18. The Hall–Kier alpha value is -1.26. The van der Waals surface area contributed by atoms with Gasteiger partial charge in [-0.3, -0.25) is 4.90 Å². The van der Waals surface area contributed by atoms with Crippen LogP contribution >= 0.6 is 0 Å². The lowest BCUT2D eigenvalue weighted by molar-refractivity contribution is 0.0254. The van der Waals surface area contributed by atoms with Crippen molar-refractivity contribution < 1.29 is 4.74 Å². The van der Waals surface area contributed by atoms with Gasteiger partial charge in [0.2, 0.25) is 0 Å². The molecule has 88 valence electrons. The summed E-state index contributed by atoms with van der Waals surface area (Å²) in [5.74, 6) is 0. The molecule has 2 rings (SSSR count). The van der Waals surface area contributed by atoms with E-state index < -0.39 is 0 Å². The zero-order valence-electron chi connectivity index (χ0n) is 9.65. The molecular weight excluding hydrogens is 202 g/mol. The maximum atomic E-state index is 5.65. The number of hydrogen-bond donors (Lipinski definition) is 2. The average molecular weight is 221 g/mol. The number of rotatable bonds is 3. The fourth-order valence-electron chi connectivity index (χ4n) is 1.88. The van der Waals surface area contributed by atoms with Crippen molar-refractivity contribution in [3.05, 3.63) is 24.3 Å². The highest BCUT2D eigenvalue weighted by Gasteiger charge is 2.16. The highest BCUT2D eigenvalue weighted by Crippen LogP contribution is 2.13. The largest absolute Gasteiger partial charge is 0.399 e. The van der Waals surface area contributed by atoms with Crippen molar-refractivity contribution in [3.8, 4) is 0 Å². The number of hydrogen-bond acceptors (Lipinski definition) is 4. The first-order valence-electron chi connectivity index (χ1n) is 5.69. The van der Waals surface area contributed by atoms with E-state index in [-0.39, 0.29) is 0 Å². The number of nitrogens with one attached hydrogen (secondary N) is 1. The molecule has 0 radical (unpaired) electrons. The van der Waals surface area contributed by atoms with Crippen LogP contribution in [0.4, 0.5) is 11.4 Å². The second-order valence-electron chi connectivity index (χ2n) is 4.09. The molecule has 16 heavy (non-hydrogen) atoms. The van der Waals surface area contributed by atoms with E-state index in [1.807, 2.05) is 24.3 Å². The van der Waals surface area contributed by atoms with Gasteiger partial charge in [-0.05, 0) is 31.2 Å². The standard InChI is InChI=1S/C12H19N3O/c1-10(15-6-8-16-9-7-15)14-12-4-2-11(13)3-5-12/h2-5,10,14H,6-9,13H2,1H3. The van der Waals surface area contributed by atoms with Crippen molar-refractivity contribution in [2.24, 2.45) is 0 Å². The fraction of sp³-hybridized carbons (Fsp3) is 0.500. The van der Waals surface area contributed by atoms with Gasteiger partial charge in [0.25, 0.3) is 0 Å². The number of nitrogens with zero attached hydrogens (tertiary/aromatic N) is 1. The summed E-state index contributed by atoms with van der Waals surface area (Å²) in [6.45, 7) is 5.80. The van der Waals surface area contributed by atoms with Crippen molar-refractivity contribution >= 4 is 11.4 Å². The minimum Gasteiger partial charge on any atom is -0.399 e. The summed E-state index contributed by atoms with van der Waals surface area (Å²) >= 11 is 0. The molecule has 3 N–H and O–H groups in total. The molecule has 1 aromatic carbocycles. The second-order valence-corrected chi connectivity index (χ2v) is 4.09. The molecule has 1 saturated heterocycles. The predicted octanol–water partition coefficient (Wildman–Crippen LogP) is 1.36. The Kier molecular flexibility index (Phi) is 3.64. The first-order valence-corrected chi connectivity index (χ1v) is 5.69. The van der Waals surface area contributed by atoms with Crippen LogP contribution in [0.25, 0.3) is 0 Å². The third-order valence-corrected chi connectivity index (χ3v) is 2.88. The lowest BCUT2D eigenvalue weighted by Gasteiger charge is -2.33. The molecule has 1 aliphatic heterocycles. The highest BCUT2D eigenvalue weighted by molar-refractivity contribution is 5.51. The summed E-state index contributed by atoms with van der Waals surface area (Å²) in [6.07, 6.45) is 0.326. The van der Waals surface area contributed by atoms with Crippen molar-refractivity contribution in [2.45, 2.75) is 13.1 Å². The molecule has 1 unspecified atom stereocenters. The summed E-state index contributed by atoms with van der Waals surface area (Å²) in [5, 5.41) is 3.45. The van der Waals surface area contributed by atoms with E-state index in [0.29, 0.717) is 6.17 Å². The lowest BCUT2D eigenvalue weighted by Crippen LogP contribution is -2.45. The minimum absolute atomic E-state index is 0.326. The molecule has 0 bridgehead atoms. The molecule has 0 spiro atoms. The summed E-state index contributed by atoms with van der Waals surface area (Å²) in [6, 6.07) is 7.83. The normalized spacial score (nSPS) is 19.3. The van der Waals surface area contributed by atoms with Crippen molar-refractivity contribution in [2.75, 3.05) is 37.4 Å². The minimum atomic E-state index is 0.326. The quantitative estimate of drug-likeness (QED) is 0.757. The summed E-state index contributed by atoms with van der Waals surface area (Å²) < 4.78 is 5.33. The summed E-state index contributed by atoms with van der Waals surface area (Å²) in [4.78, 5) is 2.37. The van der Waals surface area contributed by atoms with Gasteiger partial charge in [-0.2, -0.15) is 0 Å². The van der Waals surface area contributed by atoms with Crippen LogP contribution in [0.1, 0.15) is 6.92 Å². The number of ether oxygens (including phenoxy) is 1. The van der Waals surface area contributed by atoms with Gasteiger partial charge in [0.1, 0.15) is 0 Å². The van der Waals surface area contributed by atoms with Gasteiger partial charge >= 0.3 is 0 Å². The monoisotopic (exact) mass is 221 g/mol. The number of nitrogen functional groups attached to an aromatic ring is 1. The Labute approximate surface area is 96.4 Å². The molecular formula is C12H19N3O. The van der Waals surface area contributed by atoms with E-state index in [2.05, 4.69) is 17.1 Å². The number of morpholine rings is 1. The zero-order valence-corrected chi connectivity index (χ0v) is 9.65. The van der Waals surface area contributed by atoms with Gasteiger partial charge in [-0.15, -0.1) is 0 Å². The van der Waals surface area contributed by atoms with E-state index in [1.54, 1.807) is 0 Å². The molecule has 0 amide bonds. The van der Waals surface area contributed by atoms with Crippen LogP contribution in [0.15, 0.2) is 24.3 Å². The van der Waals surface area contributed by atoms with Crippen LogP contribution in [0, 0.1) is 0 Å². The fourth-order valence-corrected chi connectivity index (χ4v) is 1.88. The van der Waals surface area contributed by atoms with Crippen LogP contribution in [0.5, 0.6) is 0 Å². The molecule has 4 heteroatoms. The highest BCUT2D eigenvalue weighted by atomic mass is 16.5. The number of nitrogens with two attached hydrogens (primary N) is 1. The van der Waals surface area contributed by atoms with Gasteiger partial charge in [0, 0.05) is 24.5 Å². The van der Waals surface area contributed by atoms with Gasteiger partial charge in [-0.25, -0.2) is 0 Å². The van der Waals surface area contributed by atoms with Crippen LogP contribution in [0.2, 0.25) is 0 Å². The molecule has 4 nitrogen and oxygen atoms in total. The van der Waals surface area contributed by atoms with Crippen molar-refractivity contribution in [1.29, 1.82) is 0 Å². The van der Waals surface area contributed by atoms with E-state index in [9.17, 15) is 0 Å². The first-order chi connectivity index (χ1) is 7.75. The average Bonchev–Trinajstić information content (AvgIpc) is 2.33. The maximum absolute atomic E-state index is 5.65. The van der Waals surface area contributed by atoms with Crippen LogP contribution in [-0.4, -0.2) is 37.4 Å². The van der Waals surface area contributed by atoms with Crippen LogP contribution in [-0.2, 0) is 4.74 Å². The van der Waals surface area contributed by atoms with E-state index in [4.69, 9.17) is 10.5 Å². The topological polar surface area (TPSA) is 50.5 Å². The predicted molar refractivity (Wildman–Crippen MR) is 66.3 cm³/mol. The Bertz CT molecular complexity index is 320. The van der Waals surface area contributed by atoms with E-state index in [1.165, 1.54) is 0 Å². The molecule has 1 fully saturated rings. The van der Waals surface area contributed by atoms with E-state index >= 15 is 0 Å². The number of anilines is 2. The van der Waals surface area contributed by atoms with Crippen LogP contribution < -0.4 is 11.1 Å². The van der Waals surface area contributed by atoms with Gasteiger partial charge in [0.15, 0.2) is 0 Å². The summed E-state index contributed by atoms with van der Waals surface area (Å²) in [5.41, 5.74) is 7.55. The Morgan fingerprint density at radius 2 is 1.88 bits per heavy atom. The molecule has 0 aromatic heterocycles. The molecule has 0 aliphatic carbocycles. The Morgan fingerprint density at radius 3 is 2.50 bits per heavy atom. The van der Waals surface area contributed by atoms with Crippen molar-refractivity contribution in [1.82, 2.24) is 4.90 Å². The van der Waals surface area contributed by atoms with E-state index in [0.717, 1.165) is 37.7 Å². The Balaban J connectivity index is 1.90. The molecule has 1 aromatic rings. The maximum Gasteiger partial charge on any atom is 0.0765 e. The molecule has 1 atom stereocenters. The first kappa shape index (κ1) is 11.2. The third-order valence-electron chi connectivity index (χ3n) is 2.88. The smallest absolute Gasteiger partial charge is 0.0765 e. The third kappa shape index (κ3) is 2.87. The van der Waals surface area contributed by atoms with Gasteiger partial charge in [-0.1, -0.05) is 0 Å². The number of benzene rings is 1. The molecule has 0 saturated carbocycles. The summed E-state index contributed by atoms with van der Waals surface area (Å²) in [7, 11) is 0.